The van der Waals surface area contributed by atoms with Crippen LogP contribution in [0.15, 0.2) is 12.1 Å². The topological polar surface area (TPSA) is 38.7 Å². The molecular formula is C14H18O3. The van der Waals surface area contributed by atoms with Crippen molar-refractivity contribution in [2.45, 2.75) is 26.2 Å². The van der Waals surface area contributed by atoms with Crippen molar-refractivity contribution in [3.05, 3.63) is 23.3 Å². The highest BCUT2D eigenvalue weighted by Gasteiger charge is 2.42. The lowest BCUT2D eigenvalue weighted by Crippen LogP contribution is -2.17. The van der Waals surface area contributed by atoms with Crippen molar-refractivity contribution in [3.63, 3.8) is 0 Å². The molecule has 1 aliphatic heterocycles. The lowest BCUT2D eigenvalue weighted by atomic mass is 9.94. The first-order valence-electron chi connectivity index (χ1n) is 6.22. The zero-order chi connectivity index (χ0) is 11.9. The highest BCUT2D eigenvalue weighted by Crippen LogP contribution is 2.49. The third-order valence-corrected chi connectivity index (χ3v) is 3.86. The molecule has 0 aromatic heterocycles. The Morgan fingerprint density at radius 3 is 2.41 bits per heavy atom. The zero-order valence-electron chi connectivity index (χ0n) is 10.2. The molecule has 92 valence electrons. The number of aliphatic hydroxyl groups excluding tert-OH is 1. The summed E-state index contributed by atoms with van der Waals surface area (Å²) in [5.74, 6) is 1.71. The summed E-state index contributed by atoms with van der Waals surface area (Å²) >= 11 is 0. The Hall–Kier alpha value is -1.22. The van der Waals surface area contributed by atoms with Gasteiger partial charge in [0, 0.05) is 6.61 Å². The third kappa shape index (κ3) is 2.00. The van der Waals surface area contributed by atoms with Crippen LogP contribution in [0, 0.1) is 12.3 Å². The van der Waals surface area contributed by atoms with E-state index in [0.29, 0.717) is 19.8 Å². The van der Waals surface area contributed by atoms with E-state index in [4.69, 9.17) is 9.47 Å². The molecule has 0 bridgehead atoms. The Bertz CT molecular complexity index is 435. The molecule has 2 aliphatic rings. The molecule has 1 heterocycles. The zero-order valence-corrected chi connectivity index (χ0v) is 10.2. The summed E-state index contributed by atoms with van der Waals surface area (Å²) in [5.41, 5.74) is 2.66. The fourth-order valence-electron chi connectivity index (χ4n) is 2.39. The van der Waals surface area contributed by atoms with E-state index in [9.17, 15) is 5.11 Å². The van der Waals surface area contributed by atoms with Crippen molar-refractivity contribution in [2.24, 2.45) is 5.41 Å². The van der Waals surface area contributed by atoms with Gasteiger partial charge in [-0.15, -0.1) is 0 Å². The van der Waals surface area contributed by atoms with Crippen LogP contribution >= 0.6 is 0 Å². The molecule has 0 atom stereocenters. The number of hydrogen-bond acceptors (Lipinski definition) is 3. The van der Waals surface area contributed by atoms with Gasteiger partial charge >= 0.3 is 0 Å². The largest absolute Gasteiger partial charge is 0.486 e. The Morgan fingerprint density at radius 2 is 1.82 bits per heavy atom. The van der Waals surface area contributed by atoms with Gasteiger partial charge in [0.2, 0.25) is 0 Å². The highest BCUT2D eigenvalue weighted by molar-refractivity contribution is 5.48. The van der Waals surface area contributed by atoms with Crippen LogP contribution in [0.3, 0.4) is 0 Å². The van der Waals surface area contributed by atoms with E-state index < -0.39 is 0 Å². The Morgan fingerprint density at radius 1 is 1.18 bits per heavy atom. The molecule has 1 aromatic carbocycles. The molecule has 0 unspecified atom stereocenters. The lowest BCUT2D eigenvalue weighted by Gasteiger charge is -2.21. The van der Waals surface area contributed by atoms with Crippen LogP contribution in [0.1, 0.15) is 24.0 Å². The Labute approximate surface area is 101 Å². The number of ether oxygens (including phenoxy) is 2. The molecule has 1 fully saturated rings. The minimum atomic E-state index is 0.147. The van der Waals surface area contributed by atoms with Crippen LogP contribution in [0.4, 0.5) is 0 Å². The quantitative estimate of drug-likeness (QED) is 0.870. The van der Waals surface area contributed by atoms with E-state index >= 15 is 0 Å². The van der Waals surface area contributed by atoms with Crippen LogP contribution < -0.4 is 9.47 Å². The van der Waals surface area contributed by atoms with Gasteiger partial charge in [0.25, 0.3) is 0 Å². The SMILES string of the molecule is Cc1cc2c(cc1CC1(CO)CC1)OCCO2. The van der Waals surface area contributed by atoms with Gasteiger partial charge in [-0.05, 0) is 54.9 Å². The molecule has 0 amide bonds. The maximum absolute atomic E-state index is 9.39. The number of aryl methyl sites for hydroxylation is 1. The first-order valence-corrected chi connectivity index (χ1v) is 6.22. The fourth-order valence-corrected chi connectivity index (χ4v) is 2.39. The average molecular weight is 234 g/mol. The van der Waals surface area contributed by atoms with E-state index in [1.165, 1.54) is 11.1 Å². The standard InChI is InChI=1S/C14H18O3/c1-10-6-12-13(17-5-4-16-12)7-11(10)8-14(9-15)2-3-14/h6-7,15H,2-5,8-9H2,1H3. The summed E-state index contributed by atoms with van der Waals surface area (Å²) in [4.78, 5) is 0. The van der Waals surface area contributed by atoms with Crippen molar-refractivity contribution < 1.29 is 14.6 Å². The second-order valence-corrected chi connectivity index (χ2v) is 5.26. The maximum Gasteiger partial charge on any atom is 0.161 e. The average Bonchev–Trinajstić information content (AvgIpc) is 3.11. The van der Waals surface area contributed by atoms with Crippen molar-refractivity contribution in [3.8, 4) is 11.5 Å². The van der Waals surface area contributed by atoms with Gasteiger partial charge < -0.3 is 14.6 Å². The normalized spacial score (nSPS) is 20.1. The van der Waals surface area contributed by atoms with Gasteiger partial charge in [0.1, 0.15) is 13.2 Å². The number of fused-ring (bicyclic) bond motifs is 1. The van der Waals surface area contributed by atoms with Gasteiger partial charge in [-0.2, -0.15) is 0 Å². The number of benzene rings is 1. The molecular weight excluding hydrogens is 216 g/mol. The molecule has 1 N–H and O–H groups in total. The predicted molar refractivity (Wildman–Crippen MR) is 64.6 cm³/mol. The molecule has 3 nitrogen and oxygen atoms in total. The summed E-state index contributed by atoms with van der Waals surface area (Å²) in [6.07, 6.45) is 3.22. The second-order valence-electron chi connectivity index (χ2n) is 5.26. The molecule has 0 radical (unpaired) electrons. The molecule has 1 saturated carbocycles. The predicted octanol–water partition coefficient (Wildman–Crippen LogP) is 2.08. The van der Waals surface area contributed by atoms with Crippen LogP contribution in [0.25, 0.3) is 0 Å². The molecule has 3 heteroatoms. The number of aliphatic hydroxyl groups is 1. The van der Waals surface area contributed by atoms with Gasteiger partial charge in [0.05, 0.1) is 0 Å². The minimum Gasteiger partial charge on any atom is -0.486 e. The van der Waals surface area contributed by atoms with Gasteiger partial charge in [0.15, 0.2) is 11.5 Å². The van der Waals surface area contributed by atoms with Crippen LogP contribution in [-0.4, -0.2) is 24.9 Å². The monoisotopic (exact) mass is 234 g/mol. The van der Waals surface area contributed by atoms with Crippen molar-refractivity contribution in [1.82, 2.24) is 0 Å². The molecule has 3 rings (SSSR count). The van der Waals surface area contributed by atoms with E-state index in [2.05, 4.69) is 19.1 Å². The van der Waals surface area contributed by atoms with E-state index in [1.807, 2.05) is 0 Å². The van der Waals surface area contributed by atoms with Crippen molar-refractivity contribution in [1.29, 1.82) is 0 Å². The van der Waals surface area contributed by atoms with E-state index in [-0.39, 0.29) is 5.41 Å². The van der Waals surface area contributed by atoms with Crippen LogP contribution in [-0.2, 0) is 6.42 Å². The summed E-state index contributed by atoms with van der Waals surface area (Å²) < 4.78 is 11.2. The summed E-state index contributed by atoms with van der Waals surface area (Å²) in [5, 5.41) is 9.39. The third-order valence-electron chi connectivity index (χ3n) is 3.86. The van der Waals surface area contributed by atoms with Crippen LogP contribution in [0.2, 0.25) is 0 Å². The minimum absolute atomic E-state index is 0.147. The number of hydrogen-bond donors (Lipinski definition) is 1. The second kappa shape index (κ2) is 3.91. The fraction of sp³-hybridized carbons (Fsp3) is 0.571. The summed E-state index contributed by atoms with van der Waals surface area (Å²) in [7, 11) is 0. The van der Waals surface area contributed by atoms with Gasteiger partial charge in [-0.25, -0.2) is 0 Å². The van der Waals surface area contributed by atoms with E-state index in [0.717, 1.165) is 30.8 Å². The molecule has 0 saturated heterocycles. The number of rotatable bonds is 3. The summed E-state index contributed by atoms with van der Waals surface area (Å²) in [6.45, 7) is 3.65. The van der Waals surface area contributed by atoms with Gasteiger partial charge in [-0.3, -0.25) is 0 Å². The Balaban J connectivity index is 1.89. The maximum atomic E-state index is 9.39. The smallest absolute Gasteiger partial charge is 0.161 e. The van der Waals surface area contributed by atoms with Crippen LogP contribution in [0.5, 0.6) is 11.5 Å². The molecule has 0 spiro atoms. The van der Waals surface area contributed by atoms with Crippen molar-refractivity contribution in [2.75, 3.05) is 19.8 Å². The molecule has 1 aromatic rings. The highest BCUT2D eigenvalue weighted by atomic mass is 16.6. The summed E-state index contributed by atoms with van der Waals surface area (Å²) in [6, 6.07) is 4.14. The molecule has 1 aliphatic carbocycles. The van der Waals surface area contributed by atoms with Gasteiger partial charge in [-0.1, -0.05) is 0 Å². The molecule has 17 heavy (non-hydrogen) atoms. The van der Waals surface area contributed by atoms with E-state index in [1.54, 1.807) is 0 Å². The van der Waals surface area contributed by atoms with Crippen molar-refractivity contribution >= 4 is 0 Å². The first-order chi connectivity index (χ1) is 8.22. The lowest BCUT2D eigenvalue weighted by molar-refractivity contribution is 0.171. The Kier molecular flexibility index (Phi) is 2.51. The first kappa shape index (κ1) is 10.9.